The molecule has 0 spiro atoms. The Morgan fingerprint density at radius 2 is 1.95 bits per heavy atom. The van der Waals surface area contributed by atoms with Gasteiger partial charge in [-0.1, -0.05) is 30.6 Å². The topological polar surface area (TPSA) is 60.0 Å². The molecule has 2 aromatic heterocycles. The molecule has 122 valence electrons. The highest BCUT2D eigenvalue weighted by Crippen LogP contribution is 2.31. The molecule has 6 nitrogen and oxygen atoms in total. The summed E-state index contributed by atoms with van der Waals surface area (Å²) in [6, 6.07) is 0.489. The van der Waals surface area contributed by atoms with E-state index in [2.05, 4.69) is 34.0 Å². The second kappa shape index (κ2) is 7.24. The lowest BCUT2D eigenvalue weighted by Crippen LogP contribution is -2.30. The molecule has 22 heavy (non-hydrogen) atoms. The molecule has 0 aromatic carbocycles. The third kappa shape index (κ3) is 3.33. The first-order chi connectivity index (χ1) is 10.6. The van der Waals surface area contributed by atoms with Gasteiger partial charge in [0.2, 0.25) is 11.7 Å². The summed E-state index contributed by atoms with van der Waals surface area (Å²) in [4.78, 5) is 6.61. The molecule has 0 atom stereocenters. The van der Waals surface area contributed by atoms with Gasteiger partial charge in [-0.3, -0.25) is 9.58 Å². The zero-order chi connectivity index (χ0) is 16.3. The fourth-order valence-corrected chi connectivity index (χ4v) is 2.76. The van der Waals surface area contributed by atoms with E-state index in [0.717, 1.165) is 31.7 Å². The lowest BCUT2D eigenvalue weighted by molar-refractivity contribution is 0.216. The van der Waals surface area contributed by atoms with Crippen LogP contribution in [0.15, 0.2) is 4.52 Å². The van der Waals surface area contributed by atoms with Crippen LogP contribution < -0.4 is 0 Å². The van der Waals surface area contributed by atoms with E-state index in [1.165, 1.54) is 0 Å². The minimum atomic E-state index is 0.462. The van der Waals surface area contributed by atoms with Crippen LogP contribution >= 0.6 is 11.6 Å². The first-order valence-corrected chi connectivity index (χ1v) is 8.24. The molecule has 0 bridgehead atoms. The molecule has 1 aliphatic rings. The molecule has 7 heteroatoms. The van der Waals surface area contributed by atoms with Crippen molar-refractivity contribution >= 4 is 11.6 Å². The van der Waals surface area contributed by atoms with Gasteiger partial charge in [-0.05, 0) is 20.3 Å². The highest BCUT2D eigenvalue weighted by atomic mass is 35.5. The molecule has 3 rings (SSSR count). The van der Waals surface area contributed by atoms with Crippen LogP contribution in [0.5, 0.6) is 0 Å². The molecule has 3 heterocycles. The number of hydrogen-bond donors (Lipinski definition) is 0. The molecule has 0 amide bonds. The van der Waals surface area contributed by atoms with E-state index in [1.807, 2.05) is 18.5 Å². The summed E-state index contributed by atoms with van der Waals surface area (Å²) in [6.07, 6.45) is 1.06. The molecule has 2 aromatic rings. The zero-order valence-corrected chi connectivity index (χ0v) is 14.7. The Labute approximate surface area is 136 Å². The number of aryl methyl sites for hydroxylation is 2. The molecule has 1 aliphatic heterocycles. The number of nitrogens with zero attached hydrogens (tertiary/aromatic N) is 5. The monoisotopic (exact) mass is 325 g/mol. The van der Waals surface area contributed by atoms with Gasteiger partial charge in [0.15, 0.2) is 5.69 Å². The Balaban J connectivity index is 0.000000847. The fourth-order valence-electron chi connectivity index (χ4n) is 2.49. The second-order valence-corrected chi connectivity index (χ2v) is 5.77. The smallest absolute Gasteiger partial charge is 0.224 e. The number of rotatable bonds is 2. The van der Waals surface area contributed by atoms with Crippen LogP contribution in [0.2, 0.25) is 5.02 Å². The van der Waals surface area contributed by atoms with Gasteiger partial charge in [0.05, 0.1) is 10.7 Å². The number of hydrogen-bond acceptors (Lipinski definition) is 5. The minimum absolute atomic E-state index is 0.462. The summed E-state index contributed by atoms with van der Waals surface area (Å²) < 4.78 is 6.99. The van der Waals surface area contributed by atoms with Gasteiger partial charge in [-0.2, -0.15) is 10.1 Å². The maximum absolute atomic E-state index is 6.50. The minimum Gasteiger partial charge on any atom is -0.339 e. The summed E-state index contributed by atoms with van der Waals surface area (Å²) in [5.74, 6) is 0.979. The average Bonchev–Trinajstić information content (AvgIpc) is 2.97. The van der Waals surface area contributed by atoms with Crippen LogP contribution in [0.3, 0.4) is 0 Å². The maximum atomic E-state index is 6.50. The van der Waals surface area contributed by atoms with Gasteiger partial charge in [-0.25, -0.2) is 0 Å². The molecule has 0 saturated carbocycles. The molecule has 0 radical (unpaired) electrons. The van der Waals surface area contributed by atoms with E-state index >= 15 is 0 Å². The average molecular weight is 326 g/mol. The van der Waals surface area contributed by atoms with Crippen molar-refractivity contribution in [2.24, 2.45) is 0 Å². The first-order valence-electron chi connectivity index (χ1n) is 7.86. The number of fused-ring (bicyclic) bond motifs is 1. The van der Waals surface area contributed by atoms with E-state index in [4.69, 9.17) is 16.1 Å². The summed E-state index contributed by atoms with van der Waals surface area (Å²) in [7, 11) is 0. The summed E-state index contributed by atoms with van der Waals surface area (Å²) in [5, 5.41) is 9.11. The van der Waals surface area contributed by atoms with Gasteiger partial charge in [0.1, 0.15) is 0 Å². The van der Waals surface area contributed by atoms with Gasteiger partial charge >= 0.3 is 0 Å². The summed E-state index contributed by atoms with van der Waals surface area (Å²) >= 11 is 6.50. The predicted molar refractivity (Wildman–Crippen MR) is 86.8 cm³/mol. The lowest BCUT2D eigenvalue weighted by Gasteiger charge is -2.23. The van der Waals surface area contributed by atoms with Crippen molar-refractivity contribution in [2.75, 3.05) is 6.54 Å². The largest absolute Gasteiger partial charge is 0.339 e. The van der Waals surface area contributed by atoms with E-state index in [0.29, 0.717) is 28.5 Å². The molecule has 0 saturated heterocycles. The predicted octanol–water partition coefficient (Wildman–Crippen LogP) is 3.54. The molecule has 0 aliphatic carbocycles. The Kier molecular flexibility index (Phi) is 5.58. The highest BCUT2D eigenvalue weighted by Gasteiger charge is 2.25. The van der Waals surface area contributed by atoms with Crippen LogP contribution in [0, 0.1) is 6.92 Å². The molecule has 0 fully saturated rings. The van der Waals surface area contributed by atoms with Crippen LogP contribution in [-0.4, -0.2) is 37.4 Å². The van der Waals surface area contributed by atoms with Crippen LogP contribution in [0.4, 0.5) is 0 Å². The standard InChI is InChI=1S/C13H18ClN5O.C2H6/c1-8(2)18-5-4-6-19-10(7-18)11(14)12(16-19)13-15-9(3)20-17-13;1-2/h8H,4-7H2,1-3H3;1-2H3. The fraction of sp³-hybridized carbons (Fsp3) is 0.667. The zero-order valence-electron chi connectivity index (χ0n) is 13.9. The third-order valence-electron chi connectivity index (χ3n) is 3.63. The van der Waals surface area contributed by atoms with Gasteiger partial charge in [-0.15, -0.1) is 0 Å². The molecule has 0 unspecified atom stereocenters. The van der Waals surface area contributed by atoms with E-state index in [-0.39, 0.29) is 0 Å². The highest BCUT2D eigenvalue weighted by molar-refractivity contribution is 6.33. The Bertz CT molecular complexity index is 619. The SMILES string of the molecule is CC.Cc1nc(-c2nn3c(c2Cl)CN(C(C)C)CCC3)no1. The van der Waals surface area contributed by atoms with Crippen molar-refractivity contribution in [3.8, 4) is 11.5 Å². The second-order valence-electron chi connectivity index (χ2n) is 5.39. The molecule has 0 N–H and O–H groups in total. The van der Waals surface area contributed by atoms with Gasteiger partial charge < -0.3 is 4.52 Å². The molecular weight excluding hydrogens is 302 g/mol. The van der Waals surface area contributed by atoms with Crippen molar-refractivity contribution in [3.63, 3.8) is 0 Å². The Morgan fingerprint density at radius 3 is 2.55 bits per heavy atom. The molecular formula is C15H24ClN5O. The van der Waals surface area contributed by atoms with Crippen molar-refractivity contribution in [2.45, 2.75) is 60.2 Å². The van der Waals surface area contributed by atoms with Gasteiger partial charge in [0, 0.05) is 32.6 Å². The number of halogens is 1. The quantitative estimate of drug-likeness (QED) is 0.845. The Morgan fingerprint density at radius 1 is 1.23 bits per heavy atom. The van der Waals surface area contributed by atoms with E-state index < -0.39 is 0 Å². The lowest BCUT2D eigenvalue weighted by atomic mass is 10.2. The third-order valence-corrected chi connectivity index (χ3v) is 4.03. The Hall–Kier alpha value is -1.40. The summed E-state index contributed by atoms with van der Waals surface area (Å²) in [6.45, 7) is 12.9. The number of aromatic nitrogens is 4. The first kappa shape index (κ1) is 17.0. The van der Waals surface area contributed by atoms with Gasteiger partial charge in [0.25, 0.3) is 0 Å². The van der Waals surface area contributed by atoms with Crippen molar-refractivity contribution in [3.05, 3.63) is 16.6 Å². The van der Waals surface area contributed by atoms with E-state index in [9.17, 15) is 0 Å². The normalized spacial score (nSPS) is 15.2. The van der Waals surface area contributed by atoms with Crippen molar-refractivity contribution in [1.82, 2.24) is 24.8 Å². The van der Waals surface area contributed by atoms with Crippen molar-refractivity contribution < 1.29 is 4.52 Å². The van der Waals surface area contributed by atoms with Crippen molar-refractivity contribution in [1.29, 1.82) is 0 Å². The van der Waals surface area contributed by atoms with Crippen LogP contribution in [0.25, 0.3) is 11.5 Å². The summed E-state index contributed by atoms with van der Waals surface area (Å²) in [5.41, 5.74) is 1.65. The van der Waals surface area contributed by atoms with E-state index in [1.54, 1.807) is 6.92 Å². The van der Waals surface area contributed by atoms with Crippen LogP contribution in [-0.2, 0) is 13.1 Å². The van der Waals surface area contributed by atoms with Crippen LogP contribution in [0.1, 0.15) is 45.7 Å². The maximum Gasteiger partial charge on any atom is 0.224 e.